The van der Waals surface area contributed by atoms with E-state index < -0.39 is 11.8 Å². The second-order valence-electron chi connectivity index (χ2n) is 5.04. The highest BCUT2D eigenvalue weighted by atomic mass is 35.5. The van der Waals surface area contributed by atoms with Crippen LogP contribution in [-0.2, 0) is 4.79 Å². The van der Waals surface area contributed by atoms with Gasteiger partial charge in [-0.1, -0.05) is 41.4 Å². The normalized spacial score (nSPS) is 9.84. The van der Waals surface area contributed by atoms with Gasteiger partial charge in [0.15, 0.2) is 11.7 Å². The highest BCUT2D eigenvalue weighted by Gasteiger charge is 2.11. The Morgan fingerprint density at radius 2 is 1.76 bits per heavy atom. The number of amides is 2. The minimum absolute atomic E-state index is 0.0615. The number of halogens is 1. The van der Waals surface area contributed by atoms with Crippen LogP contribution in [0, 0.1) is 6.92 Å². The lowest BCUT2D eigenvalue weighted by Gasteiger charge is -2.12. The molecule has 0 aliphatic carbocycles. The number of aryl methyl sites for hydroxylation is 1. The van der Waals surface area contributed by atoms with Crippen LogP contribution in [-0.4, -0.2) is 23.5 Å². The zero-order valence-electron chi connectivity index (χ0n) is 13.3. The van der Waals surface area contributed by atoms with E-state index in [9.17, 15) is 9.59 Å². The van der Waals surface area contributed by atoms with Crippen LogP contribution in [0.1, 0.15) is 15.9 Å². The standard InChI is InChI=1S/C17H16ClN3O3S/c1-11-6-8-12(9-7-11)24-10-15(22)20-21-17(25)19-16(23)13-4-2-3-5-14(13)18/h2-9H,10H2,1H3,(H,20,22)(H2,19,21,23,25). The van der Waals surface area contributed by atoms with Crippen molar-refractivity contribution in [3.05, 3.63) is 64.7 Å². The molecule has 0 fully saturated rings. The first-order valence-corrected chi connectivity index (χ1v) is 8.08. The molecule has 0 bridgehead atoms. The van der Waals surface area contributed by atoms with Crippen LogP contribution in [0.3, 0.4) is 0 Å². The number of thiocarbonyl (C=S) groups is 1. The maximum atomic E-state index is 12.0. The molecular weight excluding hydrogens is 362 g/mol. The minimum Gasteiger partial charge on any atom is -0.484 e. The third-order valence-corrected chi connectivity index (χ3v) is 3.59. The van der Waals surface area contributed by atoms with Gasteiger partial charge in [0.2, 0.25) is 0 Å². The molecule has 0 radical (unpaired) electrons. The van der Waals surface area contributed by atoms with Crippen molar-refractivity contribution in [3.8, 4) is 5.75 Å². The fourth-order valence-corrected chi connectivity index (χ4v) is 2.16. The van der Waals surface area contributed by atoms with E-state index >= 15 is 0 Å². The summed E-state index contributed by atoms with van der Waals surface area (Å²) in [6.45, 7) is 1.76. The van der Waals surface area contributed by atoms with Crippen molar-refractivity contribution < 1.29 is 14.3 Å². The largest absolute Gasteiger partial charge is 0.484 e. The molecular formula is C17H16ClN3O3S. The maximum absolute atomic E-state index is 12.0. The monoisotopic (exact) mass is 377 g/mol. The van der Waals surface area contributed by atoms with Gasteiger partial charge in [-0.05, 0) is 43.4 Å². The number of nitrogens with one attached hydrogen (secondary N) is 3. The molecule has 0 saturated carbocycles. The van der Waals surface area contributed by atoms with Crippen molar-refractivity contribution in [1.29, 1.82) is 0 Å². The summed E-state index contributed by atoms with van der Waals surface area (Å²) in [4.78, 5) is 23.7. The lowest BCUT2D eigenvalue weighted by molar-refractivity contribution is -0.123. The van der Waals surface area contributed by atoms with Crippen molar-refractivity contribution in [3.63, 3.8) is 0 Å². The minimum atomic E-state index is -0.478. The van der Waals surface area contributed by atoms with Crippen molar-refractivity contribution in [2.45, 2.75) is 6.92 Å². The van der Waals surface area contributed by atoms with Gasteiger partial charge in [-0.3, -0.25) is 25.8 Å². The molecule has 0 aliphatic rings. The molecule has 0 unspecified atom stereocenters. The number of hydrazine groups is 1. The van der Waals surface area contributed by atoms with Crippen LogP contribution < -0.4 is 20.9 Å². The molecule has 8 heteroatoms. The van der Waals surface area contributed by atoms with E-state index in [2.05, 4.69) is 16.2 Å². The summed E-state index contributed by atoms with van der Waals surface area (Å²) in [6, 6.07) is 13.8. The van der Waals surface area contributed by atoms with Gasteiger partial charge in [0, 0.05) is 0 Å². The molecule has 6 nitrogen and oxygen atoms in total. The fourth-order valence-electron chi connectivity index (χ4n) is 1.79. The van der Waals surface area contributed by atoms with E-state index in [4.69, 9.17) is 28.6 Å². The second-order valence-corrected chi connectivity index (χ2v) is 5.85. The van der Waals surface area contributed by atoms with Crippen LogP contribution in [0.15, 0.2) is 48.5 Å². The van der Waals surface area contributed by atoms with Gasteiger partial charge < -0.3 is 4.74 Å². The predicted octanol–water partition coefficient (Wildman–Crippen LogP) is 2.36. The summed E-state index contributed by atoms with van der Waals surface area (Å²) in [6.07, 6.45) is 0. The smallest absolute Gasteiger partial charge is 0.276 e. The van der Waals surface area contributed by atoms with E-state index in [1.54, 1.807) is 36.4 Å². The van der Waals surface area contributed by atoms with Gasteiger partial charge in [0.05, 0.1) is 10.6 Å². The van der Waals surface area contributed by atoms with E-state index in [0.29, 0.717) is 10.8 Å². The molecule has 2 amide bonds. The van der Waals surface area contributed by atoms with Gasteiger partial charge in [-0.15, -0.1) is 0 Å². The molecule has 130 valence electrons. The van der Waals surface area contributed by atoms with E-state index in [-0.39, 0.29) is 17.3 Å². The molecule has 25 heavy (non-hydrogen) atoms. The zero-order chi connectivity index (χ0) is 18.2. The number of carbonyl (C=O) groups excluding carboxylic acids is 2. The molecule has 0 heterocycles. The SMILES string of the molecule is Cc1ccc(OCC(=O)NNC(=S)NC(=O)c2ccccc2Cl)cc1. The molecule has 3 N–H and O–H groups in total. The lowest BCUT2D eigenvalue weighted by atomic mass is 10.2. The Morgan fingerprint density at radius 1 is 1.08 bits per heavy atom. The molecule has 2 aromatic carbocycles. The Bertz CT molecular complexity index is 781. The predicted molar refractivity (Wildman–Crippen MR) is 99.5 cm³/mol. The molecule has 2 aromatic rings. The van der Waals surface area contributed by atoms with Crippen molar-refractivity contribution in [1.82, 2.24) is 16.2 Å². The molecule has 0 aromatic heterocycles. The van der Waals surface area contributed by atoms with Gasteiger partial charge in [-0.25, -0.2) is 0 Å². The van der Waals surface area contributed by atoms with Gasteiger partial charge in [-0.2, -0.15) is 0 Å². The number of hydrogen-bond donors (Lipinski definition) is 3. The van der Waals surface area contributed by atoms with Gasteiger partial charge in [0.1, 0.15) is 5.75 Å². The molecule has 2 rings (SSSR count). The Balaban J connectivity index is 1.74. The molecule has 0 spiro atoms. The number of carbonyl (C=O) groups is 2. The van der Waals surface area contributed by atoms with Crippen LogP contribution in [0.25, 0.3) is 0 Å². The highest BCUT2D eigenvalue weighted by Crippen LogP contribution is 2.14. The summed E-state index contributed by atoms with van der Waals surface area (Å²) in [7, 11) is 0. The summed E-state index contributed by atoms with van der Waals surface area (Å²) >= 11 is 10.9. The number of rotatable bonds is 4. The van der Waals surface area contributed by atoms with Gasteiger partial charge in [0.25, 0.3) is 11.8 Å². The number of ether oxygens (including phenoxy) is 1. The average Bonchev–Trinajstić information content (AvgIpc) is 2.59. The first-order valence-electron chi connectivity index (χ1n) is 7.30. The molecule has 0 saturated heterocycles. The third kappa shape index (κ3) is 6.06. The van der Waals surface area contributed by atoms with Crippen LogP contribution >= 0.6 is 23.8 Å². The van der Waals surface area contributed by atoms with Crippen LogP contribution in [0.2, 0.25) is 5.02 Å². The summed E-state index contributed by atoms with van der Waals surface area (Å²) in [5.74, 6) is -0.349. The Hall–Kier alpha value is -2.64. The Morgan fingerprint density at radius 3 is 2.44 bits per heavy atom. The van der Waals surface area contributed by atoms with Crippen LogP contribution in [0.5, 0.6) is 5.75 Å². The van der Waals surface area contributed by atoms with Crippen molar-refractivity contribution >= 4 is 40.7 Å². The Labute approximate surface area is 155 Å². The Kier molecular flexibility index (Phi) is 6.73. The third-order valence-electron chi connectivity index (χ3n) is 3.05. The second kappa shape index (κ2) is 9.00. The summed E-state index contributed by atoms with van der Waals surface area (Å²) in [5.41, 5.74) is 6.13. The lowest BCUT2D eigenvalue weighted by Crippen LogP contribution is -2.49. The van der Waals surface area contributed by atoms with E-state index in [1.165, 1.54) is 0 Å². The maximum Gasteiger partial charge on any atom is 0.276 e. The van der Waals surface area contributed by atoms with Crippen LogP contribution in [0.4, 0.5) is 0 Å². The molecule has 0 aliphatic heterocycles. The summed E-state index contributed by atoms with van der Waals surface area (Å²) < 4.78 is 5.32. The first-order chi connectivity index (χ1) is 12.0. The average molecular weight is 378 g/mol. The van der Waals surface area contributed by atoms with Crippen molar-refractivity contribution in [2.24, 2.45) is 0 Å². The summed E-state index contributed by atoms with van der Waals surface area (Å²) in [5, 5.41) is 2.66. The van der Waals surface area contributed by atoms with Crippen molar-refractivity contribution in [2.75, 3.05) is 6.61 Å². The number of benzene rings is 2. The number of hydrogen-bond acceptors (Lipinski definition) is 4. The zero-order valence-corrected chi connectivity index (χ0v) is 14.9. The van der Waals surface area contributed by atoms with Gasteiger partial charge >= 0.3 is 0 Å². The van der Waals surface area contributed by atoms with E-state index in [0.717, 1.165) is 5.56 Å². The fraction of sp³-hybridized carbons (Fsp3) is 0.118. The topological polar surface area (TPSA) is 79.5 Å². The highest BCUT2D eigenvalue weighted by molar-refractivity contribution is 7.80. The molecule has 0 atom stereocenters. The quantitative estimate of drug-likeness (QED) is 0.563. The first kappa shape index (κ1) is 18.7. The van der Waals surface area contributed by atoms with E-state index in [1.807, 2.05) is 19.1 Å².